The second-order valence-electron chi connectivity index (χ2n) is 25.3. The summed E-state index contributed by atoms with van der Waals surface area (Å²) in [6.07, 6.45) is 31.4. The van der Waals surface area contributed by atoms with Gasteiger partial charge in [-0.25, -0.2) is 0 Å². The zero-order valence-electron chi connectivity index (χ0n) is 40.4. The molecule has 2 nitrogen and oxygen atoms in total. The molecule has 0 amide bonds. The third-order valence-electron chi connectivity index (χ3n) is 22.1. The highest BCUT2D eigenvalue weighted by atomic mass is 16.3. The minimum absolute atomic E-state index is 0.0790. The van der Waals surface area contributed by atoms with Crippen LogP contribution in [0.2, 0.25) is 0 Å². The van der Waals surface area contributed by atoms with Crippen LogP contribution in [0, 0.1) is 105 Å². The maximum atomic E-state index is 10.2. The lowest BCUT2D eigenvalue weighted by Gasteiger charge is -2.58. The molecular formula is C56H96O2. The van der Waals surface area contributed by atoms with E-state index in [9.17, 15) is 10.2 Å². The Bertz CT molecular complexity index is 1350. The molecule has 18 atom stereocenters. The van der Waals surface area contributed by atoms with E-state index in [2.05, 4.69) is 95.2 Å². The maximum Gasteiger partial charge on any atom is 0.0577 e. The van der Waals surface area contributed by atoms with Gasteiger partial charge in [-0.1, -0.05) is 132 Å². The molecule has 0 spiro atoms. The van der Waals surface area contributed by atoms with Gasteiger partial charge in [0.05, 0.1) is 12.2 Å². The Balaban J connectivity index is 0.000000177. The van der Waals surface area contributed by atoms with Crippen LogP contribution in [0.4, 0.5) is 0 Å². The largest absolute Gasteiger partial charge is 0.393 e. The molecular weight excluding hydrogens is 705 g/mol. The minimum atomic E-state index is -0.0790. The van der Waals surface area contributed by atoms with E-state index >= 15 is 0 Å². The van der Waals surface area contributed by atoms with Crippen LogP contribution in [-0.4, -0.2) is 22.4 Å². The van der Waals surface area contributed by atoms with E-state index in [4.69, 9.17) is 0 Å². The first kappa shape index (κ1) is 45.4. The molecule has 0 aromatic rings. The number of rotatable bonds is 10. The molecule has 6 fully saturated rings. The predicted molar refractivity (Wildman–Crippen MR) is 247 cm³/mol. The van der Waals surface area contributed by atoms with Crippen molar-refractivity contribution in [3.05, 3.63) is 23.3 Å². The molecule has 8 aliphatic carbocycles. The summed E-state index contributed by atoms with van der Waals surface area (Å²) in [5.41, 5.74) is 5.17. The molecule has 8 aliphatic rings. The Hall–Kier alpha value is -0.600. The summed E-state index contributed by atoms with van der Waals surface area (Å²) in [4.78, 5) is 0. The quantitative estimate of drug-likeness (QED) is 0.216. The standard InChI is InChI=1S/2C28H48O/c2*1-18(2)19(3)7-8-20(4)24-11-12-25-23-10-9-21-17-22(29)13-15-27(21,5)26(23)14-16-28(24,25)6/h2*9,18-20,22-26,29H,7-8,10-17H2,1-6H3/t2*19-,20-,22+,23+,24-,25+,26+,27+,28-/m11/s1. The van der Waals surface area contributed by atoms with Crippen molar-refractivity contribution in [2.24, 2.45) is 105 Å². The van der Waals surface area contributed by atoms with Gasteiger partial charge in [-0.3, -0.25) is 0 Å². The van der Waals surface area contributed by atoms with Gasteiger partial charge in [0, 0.05) is 0 Å². The van der Waals surface area contributed by atoms with Crippen LogP contribution < -0.4 is 0 Å². The van der Waals surface area contributed by atoms with Gasteiger partial charge in [-0.15, -0.1) is 0 Å². The van der Waals surface area contributed by atoms with Crippen molar-refractivity contribution in [1.29, 1.82) is 0 Å². The van der Waals surface area contributed by atoms with E-state index in [0.717, 1.165) is 109 Å². The highest BCUT2D eigenvalue weighted by molar-refractivity contribution is 5.27. The lowest BCUT2D eigenvalue weighted by molar-refractivity contribution is -0.0575. The van der Waals surface area contributed by atoms with E-state index in [1.54, 1.807) is 11.1 Å². The molecule has 6 saturated carbocycles. The van der Waals surface area contributed by atoms with Gasteiger partial charge in [0.2, 0.25) is 0 Å². The summed E-state index contributed by atoms with van der Waals surface area (Å²) in [6, 6.07) is 0. The van der Waals surface area contributed by atoms with Crippen LogP contribution in [0.5, 0.6) is 0 Å². The lowest BCUT2D eigenvalue weighted by atomic mass is 9.47. The van der Waals surface area contributed by atoms with Crippen molar-refractivity contribution in [2.75, 3.05) is 0 Å². The fraction of sp³-hybridized carbons (Fsp3) is 0.929. The predicted octanol–water partition coefficient (Wildman–Crippen LogP) is 15.3. The van der Waals surface area contributed by atoms with Crippen LogP contribution in [-0.2, 0) is 0 Å². The molecule has 0 aliphatic heterocycles. The number of fused-ring (bicyclic) bond motifs is 10. The normalized spacial score (nSPS) is 46.5. The second kappa shape index (κ2) is 17.5. The number of aliphatic hydroxyl groups is 2. The number of allylic oxidation sites excluding steroid dienone is 2. The molecule has 58 heavy (non-hydrogen) atoms. The van der Waals surface area contributed by atoms with E-state index in [0.29, 0.717) is 21.7 Å². The van der Waals surface area contributed by atoms with Gasteiger partial charge in [0.25, 0.3) is 0 Å². The maximum absolute atomic E-state index is 10.2. The summed E-state index contributed by atoms with van der Waals surface area (Å²) in [5, 5.41) is 20.5. The monoisotopic (exact) mass is 801 g/mol. The molecule has 0 radical (unpaired) electrons. The Morgan fingerprint density at radius 1 is 0.483 bits per heavy atom. The molecule has 0 heterocycles. The summed E-state index contributed by atoms with van der Waals surface area (Å²) < 4.78 is 0. The molecule has 0 bridgehead atoms. The summed E-state index contributed by atoms with van der Waals surface area (Å²) >= 11 is 0. The van der Waals surface area contributed by atoms with Crippen molar-refractivity contribution in [3.63, 3.8) is 0 Å². The molecule has 0 aromatic heterocycles. The first-order chi connectivity index (χ1) is 27.3. The van der Waals surface area contributed by atoms with Gasteiger partial charge in [-0.2, -0.15) is 0 Å². The summed E-state index contributed by atoms with van der Waals surface area (Å²) in [6.45, 7) is 30.1. The number of hydrogen-bond acceptors (Lipinski definition) is 2. The fourth-order valence-electron chi connectivity index (χ4n) is 17.4. The van der Waals surface area contributed by atoms with Gasteiger partial charge in [-0.05, 0) is 207 Å². The highest BCUT2D eigenvalue weighted by Gasteiger charge is 2.60. The summed E-state index contributed by atoms with van der Waals surface area (Å²) in [7, 11) is 0. The van der Waals surface area contributed by atoms with Crippen molar-refractivity contribution in [3.8, 4) is 0 Å². The molecule has 0 unspecified atom stereocenters. The van der Waals surface area contributed by atoms with Crippen molar-refractivity contribution in [1.82, 2.24) is 0 Å². The van der Waals surface area contributed by atoms with Crippen molar-refractivity contribution >= 4 is 0 Å². The molecule has 8 rings (SSSR count). The molecule has 2 N–H and O–H groups in total. The van der Waals surface area contributed by atoms with E-state index in [1.807, 2.05) is 0 Å². The average Bonchev–Trinajstić information content (AvgIpc) is 3.73. The first-order valence-electron chi connectivity index (χ1n) is 26.1. The van der Waals surface area contributed by atoms with E-state index in [1.165, 1.54) is 103 Å². The number of aliphatic hydroxyl groups excluding tert-OH is 2. The molecule has 0 saturated heterocycles. The van der Waals surface area contributed by atoms with Gasteiger partial charge < -0.3 is 10.2 Å². The van der Waals surface area contributed by atoms with Crippen LogP contribution >= 0.6 is 0 Å². The molecule has 2 heteroatoms. The lowest BCUT2D eigenvalue weighted by Crippen LogP contribution is -2.50. The smallest absolute Gasteiger partial charge is 0.0577 e. The van der Waals surface area contributed by atoms with Gasteiger partial charge in [0.15, 0.2) is 0 Å². The zero-order chi connectivity index (χ0) is 41.9. The average molecular weight is 801 g/mol. The minimum Gasteiger partial charge on any atom is -0.393 e. The van der Waals surface area contributed by atoms with Crippen LogP contribution in [0.15, 0.2) is 23.3 Å². The third kappa shape index (κ3) is 8.20. The summed E-state index contributed by atoms with van der Waals surface area (Å²) in [5.74, 6) is 12.5. The highest BCUT2D eigenvalue weighted by Crippen LogP contribution is 2.69. The van der Waals surface area contributed by atoms with E-state index in [-0.39, 0.29) is 12.2 Å². The third-order valence-corrected chi connectivity index (χ3v) is 22.1. The van der Waals surface area contributed by atoms with E-state index < -0.39 is 0 Å². The van der Waals surface area contributed by atoms with Crippen LogP contribution in [0.3, 0.4) is 0 Å². The Morgan fingerprint density at radius 2 is 0.862 bits per heavy atom. The topological polar surface area (TPSA) is 40.5 Å². The Kier molecular flexibility index (Phi) is 13.7. The second-order valence-corrected chi connectivity index (χ2v) is 25.3. The fourth-order valence-corrected chi connectivity index (χ4v) is 17.4. The molecule has 0 aromatic carbocycles. The van der Waals surface area contributed by atoms with Gasteiger partial charge >= 0.3 is 0 Å². The molecule has 332 valence electrons. The SMILES string of the molecule is CC(C)[C@H](C)CC[C@@H](C)[C@H]1CC[C@H]2[C@@H]3CC=C4C[C@@H](O)CC[C@]4(C)[C@H]3CC[C@]12C.CC(C)[C@H](C)CC[C@@H](C)[C@H]1CC[C@H]2[C@@H]3CC=C4C[C@@H](O)CC[C@]4(C)[C@H]3CC[C@]12C. The Labute approximate surface area is 360 Å². The number of hydrogen-bond donors (Lipinski definition) is 2. The van der Waals surface area contributed by atoms with Crippen LogP contribution in [0.1, 0.15) is 212 Å². The Morgan fingerprint density at radius 3 is 1.22 bits per heavy atom. The zero-order valence-corrected chi connectivity index (χ0v) is 40.4. The first-order valence-corrected chi connectivity index (χ1v) is 26.1. The van der Waals surface area contributed by atoms with Gasteiger partial charge in [0.1, 0.15) is 0 Å². The van der Waals surface area contributed by atoms with Crippen molar-refractivity contribution < 1.29 is 10.2 Å². The van der Waals surface area contributed by atoms with Crippen LogP contribution in [0.25, 0.3) is 0 Å². The van der Waals surface area contributed by atoms with Crippen molar-refractivity contribution in [2.45, 2.75) is 224 Å².